The molecule has 0 radical (unpaired) electrons. The van der Waals surface area contributed by atoms with Crippen LogP contribution in [0.2, 0.25) is 0 Å². The topological polar surface area (TPSA) is 55.6 Å². The number of nitrogens with one attached hydrogen (secondary N) is 1. The zero-order chi connectivity index (χ0) is 13.2. The number of anilines is 2. The van der Waals surface area contributed by atoms with Crippen LogP contribution < -0.4 is 5.32 Å². The van der Waals surface area contributed by atoms with E-state index in [-0.39, 0.29) is 0 Å². The number of hydrogen-bond donors (Lipinski definition) is 1. The average molecular weight is 253 g/mol. The smallest absolute Gasteiger partial charge is 0.227 e. The van der Waals surface area contributed by atoms with Crippen LogP contribution in [0, 0.1) is 0 Å². The van der Waals surface area contributed by atoms with Crippen LogP contribution >= 0.6 is 0 Å². The van der Waals surface area contributed by atoms with Gasteiger partial charge in [0, 0.05) is 24.8 Å². The van der Waals surface area contributed by atoms with Gasteiger partial charge in [0.25, 0.3) is 0 Å². The number of fused-ring (bicyclic) bond motifs is 1. The summed E-state index contributed by atoms with van der Waals surface area (Å²) < 4.78 is 1.79. The Morgan fingerprint density at radius 1 is 1.26 bits per heavy atom. The van der Waals surface area contributed by atoms with Gasteiger partial charge in [-0.2, -0.15) is 5.10 Å². The van der Waals surface area contributed by atoms with E-state index in [4.69, 9.17) is 0 Å². The van der Waals surface area contributed by atoms with Gasteiger partial charge in [0.05, 0.1) is 16.9 Å². The molecule has 0 saturated carbocycles. The molecule has 0 unspecified atom stereocenters. The van der Waals surface area contributed by atoms with Gasteiger partial charge in [-0.15, -0.1) is 0 Å². The first-order chi connectivity index (χ1) is 9.26. The molecule has 3 aromatic rings. The summed E-state index contributed by atoms with van der Waals surface area (Å²) in [6.45, 7) is 2.08. The van der Waals surface area contributed by atoms with Crippen molar-refractivity contribution < 1.29 is 0 Å². The molecule has 2 heterocycles. The van der Waals surface area contributed by atoms with E-state index in [0.717, 1.165) is 28.7 Å². The van der Waals surface area contributed by atoms with Gasteiger partial charge in [0.15, 0.2) is 0 Å². The molecular formula is C14H15N5. The largest absolute Gasteiger partial charge is 0.321 e. The second-order valence-corrected chi connectivity index (χ2v) is 4.39. The lowest BCUT2D eigenvalue weighted by atomic mass is 10.2. The van der Waals surface area contributed by atoms with Crippen LogP contribution in [0.15, 0.2) is 36.7 Å². The van der Waals surface area contributed by atoms with E-state index in [1.54, 1.807) is 4.68 Å². The second-order valence-electron chi connectivity index (χ2n) is 4.39. The first kappa shape index (κ1) is 11.6. The van der Waals surface area contributed by atoms with Crippen molar-refractivity contribution in [2.24, 2.45) is 7.05 Å². The Kier molecular flexibility index (Phi) is 2.87. The van der Waals surface area contributed by atoms with Gasteiger partial charge >= 0.3 is 0 Å². The number of para-hydroxylation sites is 1. The highest BCUT2D eigenvalue weighted by atomic mass is 15.3. The van der Waals surface area contributed by atoms with Crippen molar-refractivity contribution in [2.45, 2.75) is 13.3 Å². The summed E-state index contributed by atoms with van der Waals surface area (Å²) in [4.78, 5) is 8.82. The third kappa shape index (κ3) is 2.27. The van der Waals surface area contributed by atoms with Crippen molar-refractivity contribution in [1.82, 2.24) is 19.7 Å². The quantitative estimate of drug-likeness (QED) is 0.779. The van der Waals surface area contributed by atoms with Crippen LogP contribution in [0.25, 0.3) is 10.9 Å². The summed E-state index contributed by atoms with van der Waals surface area (Å²) in [5.41, 5.74) is 2.90. The highest BCUT2D eigenvalue weighted by Gasteiger charge is 2.07. The third-order valence-corrected chi connectivity index (χ3v) is 2.98. The Balaban J connectivity index is 1.96. The molecule has 0 aliphatic rings. The van der Waals surface area contributed by atoms with E-state index >= 15 is 0 Å². The summed E-state index contributed by atoms with van der Waals surface area (Å²) >= 11 is 0. The van der Waals surface area contributed by atoms with Gasteiger partial charge in [0.2, 0.25) is 5.95 Å². The van der Waals surface area contributed by atoms with Crippen LogP contribution in [0.5, 0.6) is 0 Å². The minimum Gasteiger partial charge on any atom is -0.321 e. The average Bonchev–Trinajstić information content (AvgIpc) is 2.78. The fourth-order valence-corrected chi connectivity index (χ4v) is 2.05. The van der Waals surface area contributed by atoms with Crippen LogP contribution in [0.1, 0.15) is 12.6 Å². The summed E-state index contributed by atoms with van der Waals surface area (Å²) in [7, 11) is 1.91. The van der Waals surface area contributed by atoms with Gasteiger partial charge in [0.1, 0.15) is 0 Å². The molecule has 96 valence electrons. The molecule has 2 aromatic heterocycles. The van der Waals surface area contributed by atoms with Crippen LogP contribution in [0.3, 0.4) is 0 Å². The highest BCUT2D eigenvalue weighted by molar-refractivity contribution is 5.78. The van der Waals surface area contributed by atoms with E-state index in [0.29, 0.717) is 5.95 Å². The Morgan fingerprint density at radius 3 is 2.95 bits per heavy atom. The molecule has 0 bridgehead atoms. The number of hydrogen-bond acceptors (Lipinski definition) is 4. The van der Waals surface area contributed by atoms with Gasteiger partial charge < -0.3 is 5.32 Å². The molecule has 0 amide bonds. The van der Waals surface area contributed by atoms with Gasteiger partial charge in [-0.3, -0.25) is 4.68 Å². The SMILES string of the molecule is CCc1nn(C)cc1Nc1ncc2ccccc2n1. The van der Waals surface area contributed by atoms with Gasteiger partial charge in [-0.05, 0) is 12.5 Å². The molecule has 0 atom stereocenters. The predicted octanol–water partition coefficient (Wildman–Crippen LogP) is 2.67. The van der Waals surface area contributed by atoms with Crippen LogP contribution in [0.4, 0.5) is 11.6 Å². The summed E-state index contributed by atoms with van der Waals surface area (Å²) in [6, 6.07) is 7.93. The molecule has 0 saturated heterocycles. The predicted molar refractivity (Wildman–Crippen MR) is 75.4 cm³/mol. The van der Waals surface area contributed by atoms with E-state index in [9.17, 15) is 0 Å². The maximum absolute atomic E-state index is 4.50. The molecule has 5 nitrogen and oxygen atoms in total. The summed E-state index contributed by atoms with van der Waals surface area (Å²) in [6.07, 6.45) is 4.64. The van der Waals surface area contributed by atoms with Crippen molar-refractivity contribution in [3.05, 3.63) is 42.4 Å². The molecule has 5 heteroatoms. The molecule has 0 spiro atoms. The Morgan fingerprint density at radius 2 is 2.11 bits per heavy atom. The van der Waals surface area contributed by atoms with Crippen LogP contribution in [-0.4, -0.2) is 19.7 Å². The van der Waals surface area contributed by atoms with Gasteiger partial charge in [-0.1, -0.05) is 25.1 Å². The number of nitrogens with zero attached hydrogens (tertiary/aromatic N) is 4. The molecule has 19 heavy (non-hydrogen) atoms. The minimum atomic E-state index is 0.599. The lowest BCUT2D eigenvalue weighted by molar-refractivity contribution is 0.746. The molecule has 1 aromatic carbocycles. The van der Waals surface area contributed by atoms with E-state index in [1.807, 2.05) is 43.7 Å². The standard InChI is InChI=1S/C14H15N5/c1-3-11-13(9-19(2)18-11)17-14-15-8-10-6-4-5-7-12(10)16-14/h4-9H,3H2,1-2H3,(H,15,16,17). The van der Waals surface area contributed by atoms with E-state index < -0.39 is 0 Å². The fourth-order valence-electron chi connectivity index (χ4n) is 2.05. The maximum atomic E-state index is 4.50. The number of rotatable bonds is 3. The Bertz CT molecular complexity index is 717. The Hall–Kier alpha value is -2.43. The fraction of sp³-hybridized carbons (Fsp3) is 0.214. The minimum absolute atomic E-state index is 0.599. The zero-order valence-electron chi connectivity index (χ0n) is 11.0. The Labute approximate surface area is 111 Å². The molecule has 0 fully saturated rings. The number of benzene rings is 1. The number of aryl methyl sites for hydroxylation is 2. The van der Waals surface area contributed by atoms with Gasteiger partial charge in [-0.25, -0.2) is 9.97 Å². The maximum Gasteiger partial charge on any atom is 0.227 e. The normalized spacial score (nSPS) is 10.8. The molecule has 0 aliphatic carbocycles. The zero-order valence-corrected chi connectivity index (χ0v) is 11.0. The second kappa shape index (κ2) is 4.68. The summed E-state index contributed by atoms with van der Waals surface area (Å²) in [5.74, 6) is 0.599. The lowest BCUT2D eigenvalue weighted by Crippen LogP contribution is -1.98. The molecule has 1 N–H and O–H groups in total. The first-order valence-corrected chi connectivity index (χ1v) is 6.27. The van der Waals surface area contributed by atoms with Crippen LogP contribution in [-0.2, 0) is 13.5 Å². The first-order valence-electron chi connectivity index (χ1n) is 6.27. The molecule has 0 aliphatic heterocycles. The molecule has 3 rings (SSSR count). The van der Waals surface area contributed by atoms with Crippen molar-refractivity contribution in [1.29, 1.82) is 0 Å². The highest BCUT2D eigenvalue weighted by Crippen LogP contribution is 2.19. The third-order valence-electron chi connectivity index (χ3n) is 2.98. The van der Waals surface area contributed by atoms with Crippen molar-refractivity contribution in [3.63, 3.8) is 0 Å². The van der Waals surface area contributed by atoms with E-state index in [1.165, 1.54) is 0 Å². The van der Waals surface area contributed by atoms with Crippen molar-refractivity contribution in [3.8, 4) is 0 Å². The lowest BCUT2D eigenvalue weighted by Gasteiger charge is -2.04. The van der Waals surface area contributed by atoms with E-state index in [2.05, 4.69) is 27.3 Å². The molecular weight excluding hydrogens is 238 g/mol. The van der Waals surface area contributed by atoms with Crippen molar-refractivity contribution >= 4 is 22.5 Å². The number of aromatic nitrogens is 4. The monoisotopic (exact) mass is 253 g/mol. The summed E-state index contributed by atoms with van der Waals surface area (Å²) in [5, 5.41) is 8.65. The van der Waals surface area contributed by atoms with Crippen molar-refractivity contribution in [2.75, 3.05) is 5.32 Å².